The van der Waals surface area contributed by atoms with Crippen LogP contribution in [0.1, 0.15) is 29.5 Å². The van der Waals surface area contributed by atoms with Crippen molar-refractivity contribution in [2.24, 2.45) is 0 Å². The number of nitrogens with zero attached hydrogens (tertiary/aromatic N) is 2. The monoisotopic (exact) mass is 249 g/mol. The molecule has 2 rings (SSSR count). The lowest BCUT2D eigenvalue weighted by Gasteiger charge is -2.00. The molecule has 0 aliphatic heterocycles. The van der Waals surface area contributed by atoms with Crippen molar-refractivity contribution in [1.82, 2.24) is 15.1 Å². The molecular weight excluding hydrogens is 230 g/mol. The summed E-state index contributed by atoms with van der Waals surface area (Å²) in [4.78, 5) is 1.35. The highest BCUT2D eigenvalue weighted by Gasteiger charge is 2.05. The molecule has 0 aliphatic carbocycles. The molecule has 2 aromatic heterocycles. The number of hydrogen-bond acceptors (Lipinski definition) is 3. The van der Waals surface area contributed by atoms with E-state index >= 15 is 0 Å². The smallest absolute Gasteiger partial charge is 0.0752 e. The maximum absolute atomic E-state index is 4.55. The first-order valence-corrected chi connectivity index (χ1v) is 6.93. The topological polar surface area (TPSA) is 29.9 Å². The lowest BCUT2D eigenvalue weighted by molar-refractivity contribution is 0.670. The second kappa shape index (κ2) is 5.98. The van der Waals surface area contributed by atoms with Gasteiger partial charge in [0.2, 0.25) is 0 Å². The first-order valence-electron chi connectivity index (χ1n) is 6.05. The molecule has 3 nitrogen and oxygen atoms in total. The van der Waals surface area contributed by atoms with E-state index in [9.17, 15) is 0 Å². The second-order valence-corrected chi connectivity index (χ2v) is 5.23. The van der Waals surface area contributed by atoms with Gasteiger partial charge in [0.1, 0.15) is 0 Å². The molecule has 0 saturated heterocycles. The fourth-order valence-corrected chi connectivity index (χ4v) is 2.47. The Kier molecular flexibility index (Phi) is 4.34. The number of rotatable bonds is 6. The Morgan fingerprint density at radius 3 is 3.06 bits per heavy atom. The zero-order valence-corrected chi connectivity index (χ0v) is 11.3. The van der Waals surface area contributed by atoms with Gasteiger partial charge in [0, 0.05) is 23.2 Å². The highest BCUT2D eigenvalue weighted by molar-refractivity contribution is 7.09. The Morgan fingerprint density at radius 1 is 1.47 bits per heavy atom. The lowest BCUT2D eigenvalue weighted by atomic mass is 10.2. The fraction of sp³-hybridized carbons (Fsp3) is 0.462. The molecule has 0 aliphatic rings. The van der Waals surface area contributed by atoms with Gasteiger partial charge in [-0.2, -0.15) is 5.10 Å². The fourth-order valence-electron chi connectivity index (χ4n) is 1.78. The number of thiophene rings is 1. The minimum Gasteiger partial charge on any atom is -0.313 e. The molecular formula is C13H19N3S. The standard InChI is InChI=1S/C13H19N3S/c1-3-6-14-8-12-9-16(15-11(12)2)10-13-5-4-7-17-13/h4-5,7,9,14H,3,6,8,10H2,1-2H3. The lowest BCUT2D eigenvalue weighted by Crippen LogP contribution is -2.13. The molecule has 0 amide bonds. The van der Waals surface area contributed by atoms with Crippen LogP contribution in [0.4, 0.5) is 0 Å². The van der Waals surface area contributed by atoms with Gasteiger partial charge in [-0.3, -0.25) is 4.68 Å². The molecule has 4 heteroatoms. The van der Waals surface area contributed by atoms with Crippen molar-refractivity contribution in [3.63, 3.8) is 0 Å². The van der Waals surface area contributed by atoms with Gasteiger partial charge in [-0.25, -0.2) is 0 Å². The molecule has 0 saturated carbocycles. The average molecular weight is 249 g/mol. The van der Waals surface area contributed by atoms with Gasteiger partial charge in [0.05, 0.1) is 12.2 Å². The molecule has 1 N–H and O–H groups in total. The Hall–Kier alpha value is -1.13. The van der Waals surface area contributed by atoms with Gasteiger partial charge in [-0.1, -0.05) is 13.0 Å². The normalized spacial score (nSPS) is 10.9. The molecule has 92 valence electrons. The summed E-state index contributed by atoms with van der Waals surface area (Å²) >= 11 is 1.78. The van der Waals surface area contributed by atoms with Crippen LogP contribution in [0.5, 0.6) is 0 Å². The maximum Gasteiger partial charge on any atom is 0.0752 e. The van der Waals surface area contributed by atoms with E-state index < -0.39 is 0 Å². The van der Waals surface area contributed by atoms with Crippen molar-refractivity contribution >= 4 is 11.3 Å². The molecule has 2 heterocycles. The summed E-state index contributed by atoms with van der Waals surface area (Å²) in [5.74, 6) is 0. The van der Waals surface area contributed by atoms with Crippen molar-refractivity contribution in [1.29, 1.82) is 0 Å². The van der Waals surface area contributed by atoms with E-state index in [1.165, 1.54) is 16.9 Å². The Morgan fingerprint density at radius 2 is 2.35 bits per heavy atom. The van der Waals surface area contributed by atoms with Crippen LogP contribution in [-0.2, 0) is 13.1 Å². The molecule has 0 unspecified atom stereocenters. The summed E-state index contributed by atoms with van der Waals surface area (Å²) in [5.41, 5.74) is 2.43. The largest absolute Gasteiger partial charge is 0.313 e. The first-order chi connectivity index (χ1) is 8.29. The van der Waals surface area contributed by atoms with Crippen molar-refractivity contribution in [3.8, 4) is 0 Å². The summed E-state index contributed by atoms with van der Waals surface area (Å²) in [6.45, 7) is 7.12. The summed E-state index contributed by atoms with van der Waals surface area (Å²) in [7, 11) is 0. The molecule has 0 aromatic carbocycles. The molecule has 0 fully saturated rings. The zero-order valence-electron chi connectivity index (χ0n) is 10.4. The van der Waals surface area contributed by atoms with Crippen molar-refractivity contribution in [2.75, 3.05) is 6.54 Å². The van der Waals surface area contributed by atoms with Gasteiger partial charge in [-0.15, -0.1) is 11.3 Å². The van der Waals surface area contributed by atoms with Crippen LogP contribution in [0.25, 0.3) is 0 Å². The molecule has 17 heavy (non-hydrogen) atoms. The van der Waals surface area contributed by atoms with E-state index in [0.717, 1.165) is 25.3 Å². The highest BCUT2D eigenvalue weighted by atomic mass is 32.1. The molecule has 2 aromatic rings. The van der Waals surface area contributed by atoms with Crippen LogP contribution in [0.2, 0.25) is 0 Å². The van der Waals surface area contributed by atoms with E-state index in [-0.39, 0.29) is 0 Å². The van der Waals surface area contributed by atoms with E-state index in [0.29, 0.717) is 0 Å². The number of aromatic nitrogens is 2. The third kappa shape index (κ3) is 3.41. The quantitative estimate of drug-likeness (QED) is 0.798. The minimum atomic E-state index is 0.881. The van der Waals surface area contributed by atoms with Crippen molar-refractivity contribution < 1.29 is 0 Å². The van der Waals surface area contributed by atoms with E-state index in [1.54, 1.807) is 11.3 Å². The van der Waals surface area contributed by atoms with Crippen LogP contribution in [0, 0.1) is 6.92 Å². The molecule has 0 atom stereocenters. The van der Waals surface area contributed by atoms with Crippen LogP contribution >= 0.6 is 11.3 Å². The first kappa shape index (κ1) is 12.3. The van der Waals surface area contributed by atoms with E-state index in [2.05, 4.69) is 48.0 Å². The number of aryl methyl sites for hydroxylation is 1. The van der Waals surface area contributed by atoms with Crippen LogP contribution in [0.3, 0.4) is 0 Å². The molecule has 0 bridgehead atoms. The van der Waals surface area contributed by atoms with Gasteiger partial charge in [0.15, 0.2) is 0 Å². The van der Waals surface area contributed by atoms with E-state index in [4.69, 9.17) is 0 Å². The number of nitrogens with one attached hydrogen (secondary N) is 1. The predicted molar refractivity (Wildman–Crippen MR) is 72.4 cm³/mol. The summed E-state index contributed by atoms with van der Waals surface area (Å²) in [5, 5.41) is 10.1. The van der Waals surface area contributed by atoms with Gasteiger partial charge >= 0.3 is 0 Å². The SMILES string of the molecule is CCCNCc1cn(Cc2cccs2)nc1C. The van der Waals surface area contributed by atoms with Gasteiger partial charge in [0.25, 0.3) is 0 Å². The average Bonchev–Trinajstić information content (AvgIpc) is 2.91. The summed E-state index contributed by atoms with van der Waals surface area (Å²) < 4.78 is 2.03. The molecule has 0 radical (unpaired) electrons. The second-order valence-electron chi connectivity index (χ2n) is 4.19. The Labute approximate surface area is 106 Å². The van der Waals surface area contributed by atoms with Crippen LogP contribution < -0.4 is 5.32 Å². The number of hydrogen-bond donors (Lipinski definition) is 1. The summed E-state index contributed by atoms with van der Waals surface area (Å²) in [6.07, 6.45) is 3.32. The van der Waals surface area contributed by atoms with E-state index in [1.807, 2.05) is 4.68 Å². The summed E-state index contributed by atoms with van der Waals surface area (Å²) in [6, 6.07) is 4.23. The minimum absolute atomic E-state index is 0.881. The van der Waals surface area contributed by atoms with Crippen molar-refractivity contribution in [2.45, 2.75) is 33.4 Å². The van der Waals surface area contributed by atoms with Crippen molar-refractivity contribution in [3.05, 3.63) is 39.8 Å². The van der Waals surface area contributed by atoms with Crippen LogP contribution in [-0.4, -0.2) is 16.3 Å². The third-order valence-electron chi connectivity index (χ3n) is 2.69. The van der Waals surface area contributed by atoms with Gasteiger partial charge < -0.3 is 5.32 Å². The maximum atomic E-state index is 4.55. The highest BCUT2D eigenvalue weighted by Crippen LogP contribution is 2.12. The third-order valence-corrected chi connectivity index (χ3v) is 3.55. The Bertz CT molecular complexity index is 445. The molecule has 0 spiro atoms. The van der Waals surface area contributed by atoms with Gasteiger partial charge in [-0.05, 0) is 31.3 Å². The Balaban J connectivity index is 1.98. The van der Waals surface area contributed by atoms with Crippen LogP contribution in [0.15, 0.2) is 23.7 Å². The predicted octanol–water partition coefficient (Wildman–Crippen LogP) is 2.80. The zero-order chi connectivity index (χ0) is 12.1.